The Morgan fingerprint density at radius 3 is 2.57 bits per heavy atom. The summed E-state index contributed by atoms with van der Waals surface area (Å²) in [6.45, 7) is 7.94. The number of aliphatic hydroxyl groups is 6. The predicted octanol–water partition coefficient (Wildman–Crippen LogP) is 3.22. The van der Waals surface area contributed by atoms with Gasteiger partial charge in [0.15, 0.2) is 5.60 Å². The molecule has 1 saturated carbocycles. The Morgan fingerprint density at radius 2 is 1.89 bits per heavy atom. The van der Waals surface area contributed by atoms with E-state index in [2.05, 4.69) is 32.5 Å². The lowest BCUT2D eigenvalue weighted by Crippen LogP contribution is -2.70. The van der Waals surface area contributed by atoms with E-state index in [0.717, 1.165) is 24.8 Å². The second kappa shape index (κ2) is 15.4. The van der Waals surface area contributed by atoms with Gasteiger partial charge in [0.05, 0.1) is 11.7 Å². The molecule has 1 aliphatic carbocycles. The van der Waals surface area contributed by atoms with Crippen molar-refractivity contribution in [3.8, 4) is 17.8 Å². The maximum Gasteiger partial charge on any atom is 0.232 e. The van der Waals surface area contributed by atoms with Crippen molar-refractivity contribution in [1.29, 1.82) is 0 Å². The molecule has 246 valence electrons. The number of hydrogen-bond acceptors (Lipinski definition) is 9. The molecular weight excluding hydrogens is 564 g/mol. The summed E-state index contributed by atoms with van der Waals surface area (Å²) in [4.78, 5) is 0. The molecular formula is C35H52O9. The Labute approximate surface area is 261 Å². The van der Waals surface area contributed by atoms with Crippen molar-refractivity contribution in [2.24, 2.45) is 17.8 Å². The highest BCUT2D eigenvalue weighted by Gasteiger charge is 2.59. The molecule has 0 aromatic heterocycles. The van der Waals surface area contributed by atoms with Gasteiger partial charge in [-0.05, 0) is 93.2 Å². The fourth-order valence-electron chi connectivity index (χ4n) is 7.27. The molecule has 10 atom stereocenters. The number of aliphatic hydroxyl groups excluding tert-OH is 4. The first-order chi connectivity index (χ1) is 21.0. The third kappa shape index (κ3) is 8.16. The Kier molecular flexibility index (Phi) is 12.2. The van der Waals surface area contributed by atoms with E-state index in [1.54, 1.807) is 18.2 Å². The van der Waals surface area contributed by atoms with Crippen LogP contribution in [0.15, 0.2) is 36.9 Å². The van der Waals surface area contributed by atoms with E-state index in [-0.39, 0.29) is 31.8 Å². The van der Waals surface area contributed by atoms with Gasteiger partial charge in [-0.2, -0.15) is 0 Å². The number of allylic oxidation sites excluding steroid dienone is 1. The van der Waals surface area contributed by atoms with Gasteiger partial charge in [0, 0.05) is 13.0 Å². The monoisotopic (exact) mass is 616 g/mol. The number of ether oxygens (including phenoxy) is 3. The maximum absolute atomic E-state index is 12.2. The number of fused-ring (bicyclic) bond motifs is 8. The number of hydrogen-bond donors (Lipinski definition) is 6. The molecule has 4 aliphatic rings. The molecule has 9 nitrogen and oxygen atoms in total. The van der Waals surface area contributed by atoms with Crippen LogP contribution in [0.4, 0.5) is 0 Å². The van der Waals surface area contributed by atoms with E-state index in [1.165, 1.54) is 0 Å². The molecule has 9 heteroatoms. The van der Waals surface area contributed by atoms with E-state index >= 15 is 0 Å². The third-order valence-electron chi connectivity index (χ3n) is 9.77. The first-order valence-electron chi connectivity index (χ1n) is 16.3. The summed E-state index contributed by atoms with van der Waals surface area (Å²) in [5.74, 6) is 3.24. The van der Waals surface area contributed by atoms with Gasteiger partial charge in [0.25, 0.3) is 0 Å². The maximum atomic E-state index is 12.2. The molecule has 1 aromatic carbocycles. The largest absolute Gasteiger partial charge is 0.462 e. The summed E-state index contributed by atoms with van der Waals surface area (Å²) >= 11 is 0. The van der Waals surface area contributed by atoms with Gasteiger partial charge >= 0.3 is 0 Å². The lowest BCUT2D eigenvalue weighted by Gasteiger charge is -2.50. The Morgan fingerprint density at radius 1 is 1.14 bits per heavy atom. The number of rotatable bonds is 12. The molecule has 3 aliphatic heterocycles. The Bertz CT molecular complexity index is 1110. The zero-order chi connectivity index (χ0) is 31.9. The van der Waals surface area contributed by atoms with Crippen molar-refractivity contribution in [3.05, 3.63) is 42.5 Å². The van der Waals surface area contributed by atoms with Crippen LogP contribution in [0.5, 0.6) is 5.75 Å². The van der Waals surface area contributed by atoms with Crippen molar-refractivity contribution in [3.63, 3.8) is 0 Å². The van der Waals surface area contributed by atoms with Crippen molar-refractivity contribution in [1.82, 2.24) is 0 Å². The minimum Gasteiger partial charge on any atom is -0.462 e. The molecule has 0 amide bonds. The van der Waals surface area contributed by atoms with Crippen LogP contribution >= 0.6 is 0 Å². The summed E-state index contributed by atoms with van der Waals surface area (Å²) in [5.41, 5.74) is -1.98. The van der Waals surface area contributed by atoms with Gasteiger partial charge in [-0.25, -0.2) is 0 Å². The van der Waals surface area contributed by atoms with Crippen LogP contribution in [0.2, 0.25) is 0 Å². The Hall–Kier alpha value is -2.16. The minimum atomic E-state index is -2.12. The quantitative estimate of drug-likeness (QED) is 0.154. The van der Waals surface area contributed by atoms with Crippen molar-refractivity contribution in [2.75, 3.05) is 6.61 Å². The highest BCUT2D eigenvalue weighted by molar-refractivity contribution is 5.29. The molecule has 10 unspecified atom stereocenters. The molecule has 1 aromatic rings. The zero-order valence-electron chi connectivity index (χ0n) is 26.2. The van der Waals surface area contributed by atoms with E-state index in [9.17, 15) is 30.6 Å². The summed E-state index contributed by atoms with van der Waals surface area (Å²) in [7, 11) is 0. The van der Waals surface area contributed by atoms with Crippen LogP contribution in [0.25, 0.3) is 0 Å². The zero-order valence-corrected chi connectivity index (χ0v) is 26.2. The van der Waals surface area contributed by atoms with Crippen LogP contribution in [0.3, 0.4) is 0 Å². The van der Waals surface area contributed by atoms with Crippen LogP contribution in [-0.2, 0) is 15.9 Å². The van der Waals surface area contributed by atoms with Gasteiger partial charge in [0.1, 0.15) is 36.3 Å². The van der Waals surface area contributed by atoms with Crippen LogP contribution in [-0.4, -0.2) is 85.3 Å². The highest BCUT2D eigenvalue weighted by atomic mass is 16.7. The summed E-state index contributed by atoms with van der Waals surface area (Å²) in [6, 6.07) is 7.21. The molecule has 5 rings (SSSR count). The van der Waals surface area contributed by atoms with Crippen LogP contribution in [0.1, 0.15) is 83.6 Å². The first-order valence-corrected chi connectivity index (χ1v) is 16.3. The Balaban J connectivity index is 1.66. The SMILES string of the molecule is C=CCc1ccc(OC2OC3C(CCCO)OC#CCC(O)C(CCC4(O)CCCC4CC(C)C)CC2(O)C(O)C3O)cc1. The number of benzene rings is 1. The predicted molar refractivity (Wildman–Crippen MR) is 165 cm³/mol. The normalized spacial score (nSPS) is 37.4. The van der Waals surface area contributed by atoms with E-state index in [1.807, 2.05) is 12.1 Å². The van der Waals surface area contributed by atoms with Gasteiger partial charge in [-0.15, -0.1) is 6.58 Å². The second-order valence-electron chi connectivity index (χ2n) is 13.5. The van der Waals surface area contributed by atoms with Crippen LogP contribution < -0.4 is 4.74 Å². The molecule has 2 fully saturated rings. The van der Waals surface area contributed by atoms with E-state index in [4.69, 9.17) is 14.2 Å². The molecule has 0 radical (unpaired) electrons. The van der Waals surface area contributed by atoms with Gasteiger partial charge in [0.2, 0.25) is 6.29 Å². The van der Waals surface area contributed by atoms with Gasteiger partial charge in [-0.3, -0.25) is 0 Å². The van der Waals surface area contributed by atoms with Crippen molar-refractivity contribution in [2.45, 2.75) is 132 Å². The topological polar surface area (TPSA) is 149 Å². The average Bonchev–Trinajstić information content (AvgIpc) is 3.35. The lowest BCUT2D eigenvalue weighted by atomic mass is 9.73. The van der Waals surface area contributed by atoms with E-state index in [0.29, 0.717) is 43.8 Å². The molecule has 1 saturated heterocycles. The second-order valence-corrected chi connectivity index (χ2v) is 13.5. The molecule has 2 bridgehead atoms. The first kappa shape index (κ1) is 34.7. The third-order valence-corrected chi connectivity index (χ3v) is 9.77. The standard InChI is InChI=1S/C35H52O9/c1-4-8-24-12-14-27(15-13-24)43-33-35(41)22-25(16-18-34(40)17-5-9-26(34)21-23(2)3)28(37)10-7-20-42-29(11-6-19-36)31(44-33)30(38)32(35)39/h4,12-15,23,25-26,28-33,36-41H,1,5-6,8-11,16-19,21-22H2,2-3H3. The van der Waals surface area contributed by atoms with E-state index < -0.39 is 53.9 Å². The van der Waals surface area contributed by atoms with Crippen molar-refractivity contribution >= 4 is 0 Å². The van der Waals surface area contributed by atoms with Crippen LogP contribution in [0, 0.1) is 29.8 Å². The fraction of sp³-hybridized carbons (Fsp3) is 0.714. The van der Waals surface area contributed by atoms with Crippen molar-refractivity contribution < 1.29 is 44.8 Å². The molecule has 44 heavy (non-hydrogen) atoms. The highest BCUT2D eigenvalue weighted by Crippen LogP contribution is 2.45. The smallest absolute Gasteiger partial charge is 0.232 e. The fourth-order valence-corrected chi connectivity index (χ4v) is 7.27. The van der Waals surface area contributed by atoms with Gasteiger partial charge in [-0.1, -0.05) is 44.4 Å². The minimum absolute atomic E-state index is 0.0573. The average molecular weight is 617 g/mol. The molecule has 3 heterocycles. The lowest BCUT2D eigenvalue weighted by molar-refractivity contribution is -0.333. The molecule has 6 N–H and O–H groups in total. The van der Waals surface area contributed by atoms with Gasteiger partial charge < -0.3 is 44.8 Å². The summed E-state index contributed by atoms with van der Waals surface area (Å²) in [5, 5.41) is 67.5. The molecule has 0 spiro atoms. The summed E-state index contributed by atoms with van der Waals surface area (Å²) in [6.07, 6.45) is 2.19. The summed E-state index contributed by atoms with van der Waals surface area (Å²) < 4.78 is 18.2.